The molecular formula is C17H13FN2O2. The lowest BCUT2D eigenvalue weighted by Gasteiger charge is -2.05. The molecule has 0 aromatic heterocycles. The number of hydrogen-bond acceptors (Lipinski definition) is 3. The molecule has 0 bridgehead atoms. The molecule has 22 heavy (non-hydrogen) atoms. The minimum absolute atomic E-state index is 0.180. The lowest BCUT2D eigenvalue weighted by atomic mass is 10.1. The lowest BCUT2D eigenvalue weighted by molar-refractivity contribution is -0.112. The molecule has 110 valence electrons. The summed E-state index contributed by atoms with van der Waals surface area (Å²) < 4.78 is 18.6. The molecule has 0 saturated carbocycles. The average molecular weight is 296 g/mol. The summed E-state index contributed by atoms with van der Waals surface area (Å²) in [5, 5.41) is 11.7. The van der Waals surface area contributed by atoms with Crippen molar-refractivity contribution in [1.82, 2.24) is 0 Å². The second-order valence-corrected chi connectivity index (χ2v) is 4.37. The van der Waals surface area contributed by atoms with Crippen LogP contribution in [0.2, 0.25) is 0 Å². The zero-order chi connectivity index (χ0) is 15.9. The number of nitriles is 1. The number of nitrogens with zero attached hydrogens (tertiary/aromatic N) is 1. The van der Waals surface area contributed by atoms with Crippen molar-refractivity contribution >= 4 is 17.7 Å². The van der Waals surface area contributed by atoms with E-state index in [1.54, 1.807) is 43.5 Å². The van der Waals surface area contributed by atoms with E-state index in [1.165, 1.54) is 24.3 Å². The average Bonchev–Trinajstić information content (AvgIpc) is 2.54. The molecule has 1 amide bonds. The normalized spacial score (nSPS) is 10.7. The van der Waals surface area contributed by atoms with E-state index < -0.39 is 11.7 Å². The number of hydrogen-bond donors (Lipinski definition) is 1. The fourth-order valence-electron chi connectivity index (χ4n) is 1.77. The molecule has 2 aromatic rings. The maximum atomic E-state index is 13.6. The van der Waals surface area contributed by atoms with Gasteiger partial charge in [0.25, 0.3) is 5.91 Å². The van der Waals surface area contributed by atoms with Gasteiger partial charge in [-0.05, 0) is 36.4 Å². The summed E-state index contributed by atoms with van der Waals surface area (Å²) in [6.45, 7) is 0. The van der Waals surface area contributed by atoms with Gasteiger partial charge in [-0.15, -0.1) is 0 Å². The standard InChI is InChI=1S/C17H13FN2O2/c1-22-15-8-6-14(7-9-15)20-17(21)13(11-19)10-12-4-2-3-5-16(12)18/h2-10H,1H3,(H,20,21)/b13-10+. The van der Waals surface area contributed by atoms with Crippen LogP contribution in [0.5, 0.6) is 5.75 Å². The van der Waals surface area contributed by atoms with Crippen LogP contribution in [0.25, 0.3) is 6.08 Å². The Hall–Kier alpha value is -3.13. The van der Waals surface area contributed by atoms with Crippen LogP contribution in [0.3, 0.4) is 0 Å². The van der Waals surface area contributed by atoms with Crippen molar-refractivity contribution in [1.29, 1.82) is 5.26 Å². The molecule has 1 N–H and O–H groups in total. The molecule has 0 saturated heterocycles. The molecule has 2 rings (SSSR count). The Labute approximate surface area is 127 Å². The minimum Gasteiger partial charge on any atom is -0.497 e. The first-order valence-electron chi connectivity index (χ1n) is 6.46. The van der Waals surface area contributed by atoms with Gasteiger partial charge in [-0.3, -0.25) is 4.79 Å². The molecule has 5 heteroatoms. The molecule has 0 unspecified atom stereocenters. The lowest BCUT2D eigenvalue weighted by Crippen LogP contribution is -2.13. The van der Waals surface area contributed by atoms with E-state index in [0.717, 1.165) is 0 Å². The van der Waals surface area contributed by atoms with Crippen LogP contribution in [0.1, 0.15) is 5.56 Å². The largest absolute Gasteiger partial charge is 0.497 e. The molecule has 4 nitrogen and oxygen atoms in total. The van der Waals surface area contributed by atoms with Gasteiger partial charge in [0.15, 0.2) is 0 Å². The fraction of sp³-hybridized carbons (Fsp3) is 0.0588. The van der Waals surface area contributed by atoms with Gasteiger partial charge in [0.05, 0.1) is 7.11 Å². The molecule has 0 radical (unpaired) electrons. The molecule has 0 spiro atoms. The monoisotopic (exact) mass is 296 g/mol. The zero-order valence-electron chi connectivity index (χ0n) is 11.8. The third-order valence-electron chi connectivity index (χ3n) is 2.92. The molecular weight excluding hydrogens is 283 g/mol. The quantitative estimate of drug-likeness (QED) is 0.695. The Morgan fingerprint density at radius 2 is 1.91 bits per heavy atom. The smallest absolute Gasteiger partial charge is 0.266 e. The second kappa shape index (κ2) is 7.04. The number of ether oxygens (including phenoxy) is 1. The van der Waals surface area contributed by atoms with E-state index in [9.17, 15) is 9.18 Å². The SMILES string of the molecule is COc1ccc(NC(=O)/C(C#N)=C/c2ccccc2F)cc1. The Kier molecular flexibility index (Phi) is 4.89. The highest BCUT2D eigenvalue weighted by Gasteiger charge is 2.10. The van der Waals surface area contributed by atoms with Gasteiger partial charge in [0.2, 0.25) is 0 Å². The molecule has 0 aliphatic heterocycles. The van der Waals surface area contributed by atoms with Crippen LogP contribution in [-0.4, -0.2) is 13.0 Å². The number of halogens is 1. The highest BCUT2D eigenvalue weighted by Crippen LogP contribution is 2.17. The summed E-state index contributed by atoms with van der Waals surface area (Å²) in [5.41, 5.74) is 0.519. The van der Waals surface area contributed by atoms with Crippen LogP contribution in [-0.2, 0) is 4.79 Å². The van der Waals surface area contributed by atoms with E-state index in [2.05, 4.69) is 5.32 Å². The Bertz CT molecular complexity index is 746. The topological polar surface area (TPSA) is 62.1 Å². The molecule has 0 atom stereocenters. The predicted octanol–water partition coefficient (Wildman–Crippen LogP) is 3.38. The summed E-state index contributed by atoms with van der Waals surface area (Å²) >= 11 is 0. The summed E-state index contributed by atoms with van der Waals surface area (Å²) in [5.74, 6) is -0.441. The van der Waals surface area contributed by atoms with Gasteiger partial charge in [-0.25, -0.2) is 4.39 Å². The number of carbonyl (C=O) groups excluding carboxylic acids is 1. The van der Waals surface area contributed by atoms with Gasteiger partial charge in [0, 0.05) is 11.3 Å². The summed E-state index contributed by atoms with van der Waals surface area (Å²) in [4.78, 5) is 12.1. The first-order chi connectivity index (χ1) is 10.6. The Morgan fingerprint density at radius 3 is 2.50 bits per heavy atom. The maximum Gasteiger partial charge on any atom is 0.266 e. The number of amides is 1. The van der Waals surface area contributed by atoms with Gasteiger partial charge in [0.1, 0.15) is 23.2 Å². The summed E-state index contributed by atoms with van der Waals surface area (Å²) in [7, 11) is 1.54. The third kappa shape index (κ3) is 3.70. The number of methoxy groups -OCH3 is 1. The second-order valence-electron chi connectivity index (χ2n) is 4.37. The molecule has 2 aromatic carbocycles. The predicted molar refractivity (Wildman–Crippen MR) is 81.6 cm³/mol. The fourth-order valence-corrected chi connectivity index (χ4v) is 1.77. The van der Waals surface area contributed by atoms with E-state index in [1.807, 2.05) is 0 Å². The summed E-state index contributed by atoms with van der Waals surface area (Å²) in [6.07, 6.45) is 1.22. The number of rotatable bonds is 4. The van der Waals surface area contributed by atoms with E-state index in [-0.39, 0.29) is 11.1 Å². The van der Waals surface area contributed by atoms with Crippen LogP contribution in [0.4, 0.5) is 10.1 Å². The van der Waals surface area contributed by atoms with Crippen molar-refractivity contribution in [3.05, 3.63) is 65.5 Å². The first-order valence-corrected chi connectivity index (χ1v) is 6.46. The van der Waals surface area contributed by atoms with Crippen molar-refractivity contribution in [2.45, 2.75) is 0 Å². The van der Waals surface area contributed by atoms with Crippen molar-refractivity contribution in [2.24, 2.45) is 0 Å². The number of benzene rings is 2. The van der Waals surface area contributed by atoms with Crippen molar-refractivity contribution < 1.29 is 13.9 Å². The van der Waals surface area contributed by atoms with Gasteiger partial charge < -0.3 is 10.1 Å². The Balaban J connectivity index is 2.19. The molecule has 0 aliphatic carbocycles. The molecule has 0 heterocycles. The summed E-state index contributed by atoms with van der Waals surface area (Å²) in [6, 6.07) is 14.4. The highest BCUT2D eigenvalue weighted by molar-refractivity contribution is 6.09. The Morgan fingerprint density at radius 1 is 1.23 bits per heavy atom. The van der Waals surface area contributed by atoms with Gasteiger partial charge in [-0.2, -0.15) is 5.26 Å². The van der Waals surface area contributed by atoms with Crippen LogP contribution in [0, 0.1) is 17.1 Å². The maximum absolute atomic E-state index is 13.6. The number of nitrogens with one attached hydrogen (secondary N) is 1. The van der Waals surface area contributed by atoms with Gasteiger partial charge in [-0.1, -0.05) is 18.2 Å². The van der Waals surface area contributed by atoms with Crippen LogP contribution >= 0.6 is 0 Å². The minimum atomic E-state index is -0.601. The van der Waals surface area contributed by atoms with Crippen LogP contribution in [0.15, 0.2) is 54.1 Å². The molecule has 0 fully saturated rings. The first kappa shape index (κ1) is 15.3. The van der Waals surface area contributed by atoms with Crippen LogP contribution < -0.4 is 10.1 Å². The van der Waals surface area contributed by atoms with Crippen molar-refractivity contribution in [3.63, 3.8) is 0 Å². The zero-order valence-corrected chi connectivity index (χ0v) is 11.8. The van der Waals surface area contributed by atoms with Gasteiger partial charge >= 0.3 is 0 Å². The molecule has 0 aliphatic rings. The van der Waals surface area contributed by atoms with Crippen molar-refractivity contribution in [3.8, 4) is 11.8 Å². The highest BCUT2D eigenvalue weighted by atomic mass is 19.1. The van der Waals surface area contributed by atoms with E-state index >= 15 is 0 Å². The van der Waals surface area contributed by atoms with E-state index in [4.69, 9.17) is 10.00 Å². The number of carbonyl (C=O) groups is 1. The van der Waals surface area contributed by atoms with Crippen molar-refractivity contribution in [2.75, 3.05) is 12.4 Å². The van der Waals surface area contributed by atoms with E-state index in [0.29, 0.717) is 11.4 Å². The third-order valence-corrected chi connectivity index (χ3v) is 2.92. The number of anilines is 1.